The van der Waals surface area contributed by atoms with Crippen molar-refractivity contribution < 1.29 is 19.1 Å². The number of nitrogens with two attached hydrogens (primary N) is 1. The van der Waals surface area contributed by atoms with Crippen molar-refractivity contribution in [2.24, 2.45) is 11.7 Å². The molecule has 0 spiro atoms. The van der Waals surface area contributed by atoms with Gasteiger partial charge in [-0.25, -0.2) is 9.59 Å². The van der Waals surface area contributed by atoms with Gasteiger partial charge in [-0.3, -0.25) is 4.79 Å². The van der Waals surface area contributed by atoms with Crippen LogP contribution in [0.3, 0.4) is 0 Å². The van der Waals surface area contributed by atoms with Gasteiger partial charge in [-0.05, 0) is 24.3 Å². The number of hydrogen-bond acceptors (Lipinski definition) is 4. The maximum absolute atomic E-state index is 12.3. The molecule has 1 aliphatic rings. The summed E-state index contributed by atoms with van der Waals surface area (Å²) in [6.45, 7) is 1.75. The van der Waals surface area contributed by atoms with Crippen molar-refractivity contribution >= 4 is 17.9 Å². The van der Waals surface area contributed by atoms with E-state index in [0.29, 0.717) is 5.92 Å². The van der Waals surface area contributed by atoms with Gasteiger partial charge in [0.15, 0.2) is 6.61 Å². The maximum atomic E-state index is 12.3. The molecule has 0 aliphatic heterocycles. The second kappa shape index (κ2) is 9.79. The van der Waals surface area contributed by atoms with Crippen molar-refractivity contribution in [3.8, 4) is 0 Å². The first-order chi connectivity index (χ1) is 12.5. The minimum atomic E-state index is -0.934. The molecular formula is C19H27N3O4. The zero-order chi connectivity index (χ0) is 18.9. The van der Waals surface area contributed by atoms with Crippen LogP contribution < -0.4 is 16.4 Å². The zero-order valence-electron chi connectivity index (χ0n) is 15.1. The minimum Gasteiger partial charge on any atom is -0.454 e. The number of nitrogens with one attached hydrogen (secondary N) is 2. The van der Waals surface area contributed by atoms with Crippen molar-refractivity contribution in [3.05, 3.63) is 35.9 Å². The summed E-state index contributed by atoms with van der Waals surface area (Å²) in [4.78, 5) is 35.5. The summed E-state index contributed by atoms with van der Waals surface area (Å²) in [5.41, 5.74) is 5.99. The molecule has 3 atom stereocenters. The van der Waals surface area contributed by atoms with E-state index < -0.39 is 18.0 Å². The van der Waals surface area contributed by atoms with E-state index >= 15 is 0 Å². The summed E-state index contributed by atoms with van der Waals surface area (Å²) in [7, 11) is 0. The number of primary amides is 1. The van der Waals surface area contributed by atoms with Gasteiger partial charge in [-0.2, -0.15) is 0 Å². The van der Waals surface area contributed by atoms with Crippen LogP contribution in [-0.2, 0) is 20.7 Å². The molecule has 0 aromatic heterocycles. The highest BCUT2D eigenvalue weighted by molar-refractivity contribution is 5.85. The largest absolute Gasteiger partial charge is 0.454 e. The zero-order valence-corrected chi connectivity index (χ0v) is 15.1. The van der Waals surface area contributed by atoms with E-state index in [1.165, 1.54) is 6.42 Å². The Balaban J connectivity index is 1.85. The number of esters is 1. The second-order valence-corrected chi connectivity index (χ2v) is 6.79. The number of rotatable bonds is 7. The molecule has 0 bridgehead atoms. The SMILES string of the molecule is C[C@H]1CCCC[C@H]1NC(=O)COC(=O)[C@H](Cc1ccccc1)NC(N)=O. The third-order valence-corrected chi connectivity index (χ3v) is 4.69. The Kier molecular flexibility index (Phi) is 7.44. The Labute approximate surface area is 153 Å². The average Bonchev–Trinajstić information content (AvgIpc) is 2.61. The Morgan fingerprint density at radius 1 is 1.19 bits per heavy atom. The number of urea groups is 1. The van der Waals surface area contributed by atoms with E-state index in [4.69, 9.17) is 10.5 Å². The van der Waals surface area contributed by atoms with Crippen LogP contribution in [0.5, 0.6) is 0 Å². The molecular weight excluding hydrogens is 334 g/mol. The molecule has 142 valence electrons. The molecule has 4 N–H and O–H groups in total. The predicted octanol–water partition coefficient (Wildman–Crippen LogP) is 1.50. The van der Waals surface area contributed by atoms with E-state index in [-0.39, 0.29) is 25.0 Å². The molecule has 1 aromatic carbocycles. The van der Waals surface area contributed by atoms with Gasteiger partial charge in [0.1, 0.15) is 6.04 Å². The lowest BCUT2D eigenvalue weighted by molar-refractivity contribution is -0.150. The van der Waals surface area contributed by atoms with Gasteiger partial charge >= 0.3 is 12.0 Å². The second-order valence-electron chi connectivity index (χ2n) is 6.79. The maximum Gasteiger partial charge on any atom is 0.329 e. The third-order valence-electron chi connectivity index (χ3n) is 4.69. The fourth-order valence-corrected chi connectivity index (χ4v) is 3.23. The van der Waals surface area contributed by atoms with Crippen molar-refractivity contribution in [1.82, 2.24) is 10.6 Å². The Morgan fingerprint density at radius 3 is 2.54 bits per heavy atom. The summed E-state index contributed by atoms with van der Waals surface area (Å²) in [6, 6.07) is 7.56. The van der Waals surface area contributed by atoms with Crippen LogP contribution >= 0.6 is 0 Å². The van der Waals surface area contributed by atoms with E-state index in [2.05, 4.69) is 17.6 Å². The van der Waals surface area contributed by atoms with E-state index in [9.17, 15) is 14.4 Å². The van der Waals surface area contributed by atoms with Gasteiger partial charge in [0.05, 0.1) is 0 Å². The molecule has 1 aromatic rings. The summed E-state index contributed by atoms with van der Waals surface area (Å²) in [6.07, 6.45) is 4.55. The lowest BCUT2D eigenvalue weighted by Crippen LogP contribution is -2.47. The minimum absolute atomic E-state index is 0.124. The molecule has 0 saturated heterocycles. The standard InChI is InChI=1S/C19H27N3O4/c1-13-7-5-6-10-15(13)21-17(23)12-26-18(24)16(22-19(20)25)11-14-8-3-2-4-9-14/h2-4,8-9,13,15-16H,5-7,10-12H2,1H3,(H,21,23)(H3,20,22,25)/t13-,15+,16-/m0/s1. The highest BCUT2D eigenvalue weighted by Gasteiger charge is 2.25. The number of amides is 3. The molecule has 0 unspecified atom stereocenters. The van der Waals surface area contributed by atoms with Gasteiger partial charge in [-0.15, -0.1) is 0 Å². The smallest absolute Gasteiger partial charge is 0.329 e. The van der Waals surface area contributed by atoms with Crippen LogP contribution in [0.1, 0.15) is 38.2 Å². The molecule has 0 radical (unpaired) electrons. The Morgan fingerprint density at radius 2 is 1.88 bits per heavy atom. The molecule has 2 rings (SSSR count). The monoisotopic (exact) mass is 361 g/mol. The van der Waals surface area contributed by atoms with Crippen LogP contribution in [0.15, 0.2) is 30.3 Å². The number of hydrogen-bond donors (Lipinski definition) is 3. The number of ether oxygens (including phenoxy) is 1. The fourth-order valence-electron chi connectivity index (χ4n) is 3.23. The third kappa shape index (κ3) is 6.38. The van der Waals surface area contributed by atoms with Gasteiger partial charge in [0, 0.05) is 12.5 Å². The Hall–Kier alpha value is -2.57. The summed E-state index contributed by atoms with van der Waals surface area (Å²) < 4.78 is 5.09. The van der Waals surface area contributed by atoms with E-state index in [1.54, 1.807) is 0 Å². The van der Waals surface area contributed by atoms with Crippen LogP contribution in [-0.4, -0.2) is 36.6 Å². The topological polar surface area (TPSA) is 111 Å². The molecule has 7 nitrogen and oxygen atoms in total. The molecule has 26 heavy (non-hydrogen) atoms. The van der Waals surface area contributed by atoms with E-state index in [0.717, 1.165) is 24.8 Å². The number of carbonyl (C=O) groups excluding carboxylic acids is 3. The molecule has 1 fully saturated rings. The Bertz CT molecular complexity index is 620. The quantitative estimate of drug-likeness (QED) is 0.639. The number of benzene rings is 1. The predicted molar refractivity (Wildman–Crippen MR) is 97.2 cm³/mol. The van der Waals surface area contributed by atoms with Crippen molar-refractivity contribution in [2.75, 3.05) is 6.61 Å². The molecule has 1 saturated carbocycles. The lowest BCUT2D eigenvalue weighted by atomic mass is 9.86. The highest BCUT2D eigenvalue weighted by Crippen LogP contribution is 2.23. The summed E-state index contributed by atoms with van der Waals surface area (Å²) >= 11 is 0. The molecule has 1 aliphatic carbocycles. The summed E-state index contributed by atoms with van der Waals surface area (Å²) in [5.74, 6) is -0.583. The number of carbonyl (C=O) groups is 3. The van der Waals surface area contributed by atoms with Crippen LogP contribution in [0.4, 0.5) is 4.79 Å². The van der Waals surface area contributed by atoms with E-state index in [1.807, 2.05) is 30.3 Å². The lowest BCUT2D eigenvalue weighted by Gasteiger charge is -2.29. The fraction of sp³-hybridized carbons (Fsp3) is 0.526. The molecule has 7 heteroatoms. The van der Waals surface area contributed by atoms with Gasteiger partial charge in [0.25, 0.3) is 5.91 Å². The first-order valence-corrected chi connectivity index (χ1v) is 9.01. The normalized spacial score (nSPS) is 20.7. The molecule has 0 heterocycles. The van der Waals surface area contributed by atoms with Crippen molar-refractivity contribution in [2.45, 2.75) is 51.1 Å². The van der Waals surface area contributed by atoms with Crippen molar-refractivity contribution in [3.63, 3.8) is 0 Å². The van der Waals surface area contributed by atoms with Crippen LogP contribution in [0.2, 0.25) is 0 Å². The average molecular weight is 361 g/mol. The first-order valence-electron chi connectivity index (χ1n) is 9.01. The van der Waals surface area contributed by atoms with Crippen LogP contribution in [0.25, 0.3) is 0 Å². The first kappa shape index (κ1) is 19.8. The van der Waals surface area contributed by atoms with Gasteiger partial charge in [0.2, 0.25) is 0 Å². The van der Waals surface area contributed by atoms with Crippen LogP contribution in [0, 0.1) is 5.92 Å². The molecule has 3 amide bonds. The van der Waals surface area contributed by atoms with Crippen molar-refractivity contribution in [1.29, 1.82) is 0 Å². The van der Waals surface area contributed by atoms with Gasteiger partial charge in [-0.1, -0.05) is 50.1 Å². The van der Waals surface area contributed by atoms with Gasteiger partial charge < -0.3 is 21.1 Å². The summed E-state index contributed by atoms with van der Waals surface area (Å²) in [5, 5.41) is 5.30. The highest BCUT2D eigenvalue weighted by atomic mass is 16.5.